The Balaban J connectivity index is 3.05. The molecule has 3 nitrogen and oxygen atoms in total. The highest BCUT2D eigenvalue weighted by atomic mass is 16.1. The van der Waals surface area contributed by atoms with Gasteiger partial charge in [-0.2, -0.15) is 0 Å². The summed E-state index contributed by atoms with van der Waals surface area (Å²) in [5, 5.41) is 0. The first kappa shape index (κ1) is 7.60. The molecule has 0 aliphatic heterocycles. The lowest BCUT2D eigenvalue weighted by atomic mass is 10.2. The summed E-state index contributed by atoms with van der Waals surface area (Å²) in [6.45, 7) is 4.97. The van der Waals surface area contributed by atoms with Crippen molar-refractivity contribution in [3.05, 3.63) is 29.6 Å². The van der Waals surface area contributed by atoms with Crippen LogP contribution in [0.25, 0.3) is 0 Å². The highest BCUT2D eigenvalue weighted by Crippen LogP contribution is 2.01. The SMILES string of the molecule is C=NC(=O)c1ccnc(C)c1. The Bertz CT molecular complexity index is 294. The van der Waals surface area contributed by atoms with Crippen LogP contribution in [0.2, 0.25) is 0 Å². The van der Waals surface area contributed by atoms with E-state index in [-0.39, 0.29) is 5.91 Å². The molecule has 0 saturated heterocycles. The van der Waals surface area contributed by atoms with Crippen molar-refractivity contribution in [2.24, 2.45) is 4.99 Å². The number of amides is 1. The first-order valence-corrected chi connectivity index (χ1v) is 3.18. The summed E-state index contributed by atoms with van der Waals surface area (Å²) in [5.41, 5.74) is 1.34. The number of aliphatic imine (C=N–C) groups is 1. The molecule has 1 heterocycles. The fourth-order valence-corrected chi connectivity index (χ4v) is 0.770. The van der Waals surface area contributed by atoms with Crippen LogP contribution >= 0.6 is 0 Å². The minimum atomic E-state index is -0.310. The summed E-state index contributed by atoms with van der Waals surface area (Å²) in [6, 6.07) is 3.29. The summed E-state index contributed by atoms with van der Waals surface area (Å²) in [4.78, 5) is 18.1. The minimum Gasteiger partial charge on any atom is -0.267 e. The van der Waals surface area contributed by atoms with Gasteiger partial charge in [0.1, 0.15) is 0 Å². The molecule has 3 heteroatoms. The topological polar surface area (TPSA) is 42.3 Å². The van der Waals surface area contributed by atoms with E-state index in [9.17, 15) is 4.79 Å². The standard InChI is InChI=1S/C8H8N2O/c1-6-5-7(3-4-10-6)8(11)9-2/h3-5H,2H2,1H3. The average molecular weight is 148 g/mol. The fourth-order valence-electron chi connectivity index (χ4n) is 0.770. The van der Waals surface area contributed by atoms with E-state index in [1.54, 1.807) is 18.3 Å². The molecule has 1 amide bonds. The van der Waals surface area contributed by atoms with Crippen LogP contribution in [0.15, 0.2) is 23.3 Å². The van der Waals surface area contributed by atoms with Crippen molar-refractivity contribution in [2.45, 2.75) is 6.92 Å². The van der Waals surface area contributed by atoms with Gasteiger partial charge in [-0.05, 0) is 25.8 Å². The molecule has 1 aromatic heterocycles. The number of aryl methyl sites for hydroxylation is 1. The Morgan fingerprint density at radius 2 is 2.45 bits per heavy atom. The molecular formula is C8H8N2O. The molecule has 11 heavy (non-hydrogen) atoms. The zero-order valence-corrected chi connectivity index (χ0v) is 6.24. The zero-order chi connectivity index (χ0) is 8.27. The monoisotopic (exact) mass is 148 g/mol. The van der Waals surface area contributed by atoms with Crippen LogP contribution in [0.3, 0.4) is 0 Å². The Morgan fingerprint density at radius 3 is 3.00 bits per heavy atom. The lowest BCUT2D eigenvalue weighted by Gasteiger charge is -1.94. The molecule has 0 aliphatic carbocycles. The van der Waals surface area contributed by atoms with E-state index >= 15 is 0 Å². The second-order valence-corrected chi connectivity index (χ2v) is 2.15. The van der Waals surface area contributed by atoms with E-state index in [0.29, 0.717) is 5.56 Å². The van der Waals surface area contributed by atoms with Crippen molar-refractivity contribution < 1.29 is 4.79 Å². The largest absolute Gasteiger partial charge is 0.276 e. The van der Waals surface area contributed by atoms with Crippen LogP contribution in [-0.2, 0) is 0 Å². The summed E-state index contributed by atoms with van der Waals surface area (Å²) in [6.07, 6.45) is 1.58. The molecule has 0 fully saturated rings. The Labute approximate surface area is 64.8 Å². The average Bonchev–Trinajstić information content (AvgIpc) is 2.03. The van der Waals surface area contributed by atoms with Gasteiger partial charge in [0, 0.05) is 17.5 Å². The number of carbonyl (C=O) groups excluding carboxylic acids is 1. The van der Waals surface area contributed by atoms with Gasteiger partial charge in [-0.3, -0.25) is 9.78 Å². The molecular weight excluding hydrogens is 140 g/mol. The van der Waals surface area contributed by atoms with E-state index in [1.165, 1.54) is 0 Å². The van der Waals surface area contributed by atoms with Crippen LogP contribution in [0.1, 0.15) is 16.1 Å². The lowest BCUT2D eigenvalue weighted by Crippen LogP contribution is -1.94. The van der Waals surface area contributed by atoms with Gasteiger partial charge in [-0.25, -0.2) is 4.99 Å². The van der Waals surface area contributed by atoms with Gasteiger partial charge < -0.3 is 0 Å². The van der Waals surface area contributed by atoms with Crippen molar-refractivity contribution >= 4 is 12.6 Å². The highest BCUT2D eigenvalue weighted by Gasteiger charge is 2.00. The van der Waals surface area contributed by atoms with E-state index < -0.39 is 0 Å². The second-order valence-electron chi connectivity index (χ2n) is 2.15. The first-order chi connectivity index (χ1) is 5.24. The summed E-state index contributed by atoms with van der Waals surface area (Å²) < 4.78 is 0. The molecule has 0 atom stereocenters. The molecule has 0 unspecified atom stereocenters. The molecule has 0 saturated carbocycles. The predicted molar refractivity (Wildman–Crippen MR) is 42.9 cm³/mol. The molecule has 0 bridgehead atoms. The number of hydrogen-bond donors (Lipinski definition) is 0. The predicted octanol–water partition coefficient (Wildman–Crippen LogP) is 1.23. The van der Waals surface area contributed by atoms with Crippen LogP contribution in [-0.4, -0.2) is 17.6 Å². The first-order valence-electron chi connectivity index (χ1n) is 3.18. The fraction of sp³-hybridized carbons (Fsp3) is 0.125. The summed E-state index contributed by atoms with van der Waals surface area (Å²) >= 11 is 0. The van der Waals surface area contributed by atoms with Gasteiger partial charge in [0.2, 0.25) is 0 Å². The maximum absolute atomic E-state index is 10.9. The van der Waals surface area contributed by atoms with Crippen molar-refractivity contribution in [2.75, 3.05) is 0 Å². The normalized spacial score (nSPS) is 9.18. The molecule has 0 radical (unpaired) electrons. The molecule has 0 aliphatic rings. The molecule has 0 N–H and O–H groups in total. The van der Waals surface area contributed by atoms with Gasteiger partial charge >= 0.3 is 0 Å². The van der Waals surface area contributed by atoms with Gasteiger partial charge in [-0.1, -0.05) is 0 Å². The molecule has 1 rings (SSSR count). The summed E-state index contributed by atoms with van der Waals surface area (Å²) in [7, 11) is 0. The van der Waals surface area contributed by atoms with E-state index in [2.05, 4.69) is 16.7 Å². The highest BCUT2D eigenvalue weighted by molar-refractivity contribution is 5.96. The van der Waals surface area contributed by atoms with Gasteiger partial charge in [0.25, 0.3) is 5.91 Å². The van der Waals surface area contributed by atoms with Crippen molar-refractivity contribution in [3.8, 4) is 0 Å². The van der Waals surface area contributed by atoms with Gasteiger partial charge in [0.05, 0.1) is 0 Å². The molecule has 0 aromatic carbocycles. The number of pyridine rings is 1. The third kappa shape index (κ3) is 1.70. The number of rotatable bonds is 1. The van der Waals surface area contributed by atoms with Gasteiger partial charge in [0.15, 0.2) is 0 Å². The second kappa shape index (κ2) is 3.05. The van der Waals surface area contributed by atoms with Crippen LogP contribution < -0.4 is 0 Å². The maximum Gasteiger partial charge on any atom is 0.276 e. The number of hydrogen-bond acceptors (Lipinski definition) is 2. The Kier molecular flexibility index (Phi) is 2.11. The van der Waals surface area contributed by atoms with E-state index in [0.717, 1.165) is 5.69 Å². The smallest absolute Gasteiger partial charge is 0.267 e. The maximum atomic E-state index is 10.9. The molecule has 56 valence electrons. The number of carbonyl (C=O) groups is 1. The van der Waals surface area contributed by atoms with Crippen molar-refractivity contribution in [1.29, 1.82) is 0 Å². The van der Waals surface area contributed by atoms with Crippen LogP contribution in [0, 0.1) is 6.92 Å². The zero-order valence-electron chi connectivity index (χ0n) is 6.24. The quantitative estimate of drug-likeness (QED) is 0.562. The summed E-state index contributed by atoms with van der Waals surface area (Å²) in [5.74, 6) is -0.310. The third-order valence-electron chi connectivity index (χ3n) is 1.29. The third-order valence-corrected chi connectivity index (χ3v) is 1.29. The van der Waals surface area contributed by atoms with Crippen molar-refractivity contribution in [1.82, 2.24) is 4.98 Å². The van der Waals surface area contributed by atoms with Crippen molar-refractivity contribution in [3.63, 3.8) is 0 Å². The Hall–Kier alpha value is -1.51. The van der Waals surface area contributed by atoms with Crippen LogP contribution in [0.5, 0.6) is 0 Å². The number of aromatic nitrogens is 1. The molecule has 0 spiro atoms. The van der Waals surface area contributed by atoms with E-state index in [1.807, 2.05) is 6.92 Å². The Morgan fingerprint density at radius 1 is 1.73 bits per heavy atom. The number of nitrogens with zero attached hydrogens (tertiary/aromatic N) is 2. The lowest BCUT2D eigenvalue weighted by molar-refractivity contribution is 0.100. The van der Waals surface area contributed by atoms with E-state index in [4.69, 9.17) is 0 Å². The van der Waals surface area contributed by atoms with Gasteiger partial charge in [-0.15, -0.1) is 0 Å². The minimum absolute atomic E-state index is 0.310. The molecule has 1 aromatic rings. The van der Waals surface area contributed by atoms with Crippen LogP contribution in [0.4, 0.5) is 0 Å².